The number of amides is 1. The molecule has 0 radical (unpaired) electrons. The Bertz CT molecular complexity index is 843. The number of nitrogens with zero attached hydrogens (tertiary/aromatic N) is 2. The Labute approximate surface area is 147 Å². The van der Waals surface area contributed by atoms with Crippen LogP contribution in [0.2, 0.25) is 0 Å². The summed E-state index contributed by atoms with van der Waals surface area (Å²) in [4.78, 5) is 19.5. The number of carbonyl (C=O) groups excluding carboxylic acids is 1. The van der Waals surface area contributed by atoms with Gasteiger partial charge in [0.15, 0.2) is 0 Å². The molecule has 0 fully saturated rings. The van der Waals surface area contributed by atoms with Crippen LogP contribution in [-0.4, -0.2) is 15.8 Å². The van der Waals surface area contributed by atoms with E-state index in [1.54, 1.807) is 12.5 Å². The Balaban J connectivity index is 1.60. The van der Waals surface area contributed by atoms with Crippen LogP contribution in [0.15, 0.2) is 71.5 Å². The van der Waals surface area contributed by atoms with E-state index in [1.807, 2.05) is 47.4 Å². The molecule has 0 unspecified atom stereocenters. The summed E-state index contributed by atoms with van der Waals surface area (Å²) in [6.45, 7) is 0.945. The molecule has 4 nitrogen and oxygen atoms in total. The van der Waals surface area contributed by atoms with E-state index >= 15 is 0 Å². The monoisotopic (exact) mass is 332 g/mol. The third-order valence-corrected chi connectivity index (χ3v) is 4.75. The fourth-order valence-corrected chi connectivity index (χ4v) is 3.52. The molecule has 0 bridgehead atoms. The summed E-state index contributed by atoms with van der Waals surface area (Å²) in [5, 5.41) is 0. The molecule has 3 aromatic rings. The lowest BCUT2D eigenvalue weighted by Gasteiger charge is -2.25. The number of hydrogen-bond donors (Lipinski definition) is 0. The summed E-state index contributed by atoms with van der Waals surface area (Å²) in [6, 6.07) is 17.8. The SMILES string of the molecule is O=C([C@H]1CCc2ccccc21)N(Cc1ccccn1)Cc1ccco1. The summed E-state index contributed by atoms with van der Waals surface area (Å²) in [6.07, 6.45) is 5.24. The second-order valence-corrected chi connectivity index (χ2v) is 6.38. The van der Waals surface area contributed by atoms with Crippen molar-refractivity contribution in [2.45, 2.75) is 31.8 Å². The average Bonchev–Trinajstić information content (AvgIpc) is 3.31. The first-order chi connectivity index (χ1) is 12.3. The Morgan fingerprint density at radius 2 is 1.96 bits per heavy atom. The number of pyridine rings is 1. The third-order valence-electron chi connectivity index (χ3n) is 4.75. The van der Waals surface area contributed by atoms with E-state index in [9.17, 15) is 4.79 Å². The van der Waals surface area contributed by atoms with Crippen LogP contribution in [0.25, 0.3) is 0 Å². The number of rotatable bonds is 5. The van der Waals surface area contributed by atoms with Gasteiger partial charge in [0.2, 0.25) is 5.91 Å². The minimum absolute atomic E-state index is 0.0742. The van der Waals surface area contributed by atoms with Gasteiger partial charge >= 0.3 is 0 Å². The molecule has 4 rings (SSSR count). The van der Waals surface area contributed by atoms with Gasteiger partial charge in [-0.1, -0.05) is 30.3 Å². The normalized spacial score (nSPS) is 15.8. The zero-order chi connectivity index (χ0) is 17.1. The van der Waals surface area contributed by atoms with Gasteiger partial charge in [-0.3, -0.25) is 9.78 Å². The molecule has 1 aromatic carbocycles. The maximum absolute atomic E-state index is 13.3. The zero-order valence-electron chi connectivity index (χ0n) is 14.0. The lowest BCUT2D eigenvalue weighted by atomic mass is 9.99. The smallest absolute Gasteiger partial charge is 0.230 e. The molecule has 1 atom stereocenters. The van der Waals surface area contributed by atoms with Crippen molar-refractivity contribution in [1.82, 2.24) is 9.88 Å². The van der Waals surface area contributed by atoms with Gasteiger partial charge < -0.3 is 9.32 Å². The maximum atomic E-state index is 13.3. The highest BCUT2D eigenvalue weighted by Crippen LogP contribution is 2.34. The molecule has 126 valence electrons. The van der Waals surface area contributed by atoms with Crippen LogP contribution in [-0.2, 0) is 24.3 Å². The van der Waals surface area contributed by atoms with Gasteiger partial charge in [-0.15, -0.1) is 0 Å². The summed E-state index contributed by atoms with van der Waals surface area (Å²) in [5.74, 6) is 0.859. The van der Waals surface area contributed by atoms with Gasteiger partial charge in [0.05, 0.1) is 31.0 Å². The topological polar surface area (TPSA) is 46.3 Å². The fourth-order valence-electron chi connectivity index (χ4n) is 3.52. The Morgan fingerprint density at radius 1 is 1.08 bits per heavy atom. The lowest BCUT2D eigenvalue weighted by molar-refractivity contribution is -0.134. The first kappa shape index (κ1) is 15.6. The summed E-state index contributed by atoms with van der Waals surface area (Å²) in [5.41, 5.74) is 3.34. The van der Waals surface area contributed by atoms with E-state index in [0.29, 0.717) is 13.1 Å². The molecule has 0 spiro atoms. The van der Waals surface area contributed by atoms with Crippen LogP contribution < -0.4 is 0 Å². The van der Waals surface area contributed by atoms with Crippen molar-refractivity contribution in [2.75, 3.05) is 0 Å². The van der Waals surface area contributed by atoms with Crippen molar-refractivity contribution in [3.63, 3.8) is 0 Å². The molecule has 0 saturated heterocycles. The quantitative estimate of drug-likeness (QED) is 0.711. The molecule has 1 amide bonds. The molecule has 1 aliphatic carbocycles. The third kappa shape index (κ3) is 3.33. The number of furan rings is 1. The Hall–Kier alpha value is -2.88. The van der Waals surface area contributed by atoms with Crippen LogP contribution in [0, 0.1) is 0 Å². The molecule has 2 aromatic heterocycles. The van der Waals surface area contributed by atoms with Crippen LogP contribution in [0.4, 0.5) is 0 Å². The number of aryl methyl sites for hydroxylation is 1. The molecule has 0 N–H and O–H groups in total. The first-order valence-electron chi connectivity index (χ1n) is 8.60. The average molecular weight is 332 g/mol. The number of benzene rings is 1. The number of carbonyl (C=O) groups is 1. The maximum Gasteiger partial charge on any atom is 0.230 e. The van der Waals surface area contributed by atoms with Crippen LogP contribution in [0.1, 0.15) is 34.9 Å². The Kier molecular flexibility index (Phi) is 4.34. The van der Waals surface area contributed by atoms with Crippen molar-refractivity contribution in [1.29, 1.82) is 0 Å². The predicted octanol–water partition coefficient (Wildman–Crippen LogP) is 3.93. The van der Waals surface area contributed by atoms with Crippen molar-refractivity contribution in [3.8, 4) is 0 Å². The van der Waals surface area contributed by atoms with Crippen LogP contribution >= 0.6 is 0 Å². The predicted molar refractivity (Wildman–Crippen MR) is 94.7 cm³/mol. The minimum Gasteiger partial charge on any atom is -0.467 e. The van der Waals surface area contributed by atoms with Crippen molar-refractivity contribution in [2.24, 2.45) is 0 Å². The van der Waals surface area contributed by atoms with Crippen LogP contribution in [0.3, 0.4) is 0 Å². The van der Waals surface area contributed by atoms with Crippen molar-refractivity contribution >= 4 is 5.91 Å². The molecule has 1 aliphatic rings. The van der Waals surface area contributed by atoms with Gasteiger partial charge in [-0.2, -0.15) is 0 Å². The van der Waals surface area contributed by atoms with Crippen molar-refractivity contribution < 1.29 is 9.21 Å². The molecule has 0 aliphatic heterocycles. The summed E-state index contributed by atoms with van der Waals surface area (Å²) < 4.78 is 5.47. The molecule has 4 heteroatoms. The second kappa shape index (κ2) is 6.93. The standard InChI is InChI=1S/C21H20N2O2/c24-21(20-11-10-16-6-1-2-9-19(16)20)23(15-18-8-5-13-25-18)14-17-7-3-4-12-22-17/h1-9,12-13,20H,10-11,14-15H2/t20-/m0/s1. The molecular formula is C21H20N2O2. The number of fused-ring (bicyclic) bond motifs is 1. The van der Waals surface area contributed by atoms with Crippen molar-refractivity contribution in [3.05, 3.63) is 89.6 Å². The lowest BCUT2D eigenvalue weighted by Crippen LogP contribution is -2.34. The van der Waals surface area contributed by atoms with Gasteiger partial charge in [-0.25, -0.2) is 0 Å². The molecule has 0 saturated carbocycles. The largest absolute Gasteiger partial charge is 0.467 e. The second-order valence-electron chi connectivity index (χ2n) is 6.38. The van der Waals surface area contributed by atoms with Gasteiger partial charge in [-0.05, 0) is 48.2 Å². The van der Waals surface area contributed by atoms with Gasteiger partial charge in [0.1, 0.15) is 5.76 Å². The highest BCUT2D eigenvalue weighted by Gasteiger charge is 2.32. The molecule has 2 heterocycles. The van der Waals surface area contributed by atoms with E-state index in [-0.39, 0.29) is 11.8 Å². The van der Waals surface area contributed by atoms with E-state index in [2.05, 4.69) is 17.1 Å². The summed E-state index contributed by atoms with van der Waals surface area (Å²) >= 11 is 0. The van der Waals surface area contributed by atoms with Gasteiger partial charge in [0, 0.05) is 6.20 Å². The highest BCUT2D eigenvalue weighted by atomic mass is 16.3. The molecule has 25 heavy (non-hydrogen) atoms. The van der Waals surface area contributed by atoms with E-state index in [0.717, 1.165) is 29.9 Å². The van der Waals surface area contributed by atoms with E-state index in [4.69, 9.17) is 4.42 Å². The van der Waals surface area contributed by atoms with E-state index in [1.165, 1.54) is 5.56 Å². The number of aromatic nitrogens is 1. The van der Waals surface area contributed by atoms with Gasteiger partial charge in [0.25, 0.3) is 0 Å². The number of hydrogen-bond acceptors (Lipinski definition) is 3. The highest BCUT2D eigenvalue weighted by molar-refractivity contribution is 5.85. The first-order valence-corrected chi connectivity index (χ1v) is 8.60. The molecular weight excluding hydrogens is 312 g/mol. The van der Waals surface area contributed by atoms with Crippen LogP contribution in [0.5, 0.6) is 0 Å². The zero-order valence-corrected chi connectivity index (χ0v) is 14.0. The minimum atomic E-state index is -0.0742. The van der Waals surface area contributed by atoms with E-state index < -0.39 is 0 Å². The summed E-state index contributed by atoms with van der Waals surface area (Å²) in [7, 11) is 0. The fraction of sp³-hybridized carbons (Fsp3) is 0.238. The Morgan fingerprint density at radius 3 is 2.76 bits per heavy atom.